The number of allylic oxidation sites excluding steroid dienone is 1. The third-order valence-corrected chi connectivity index (χ3v) is 5.43. The summed E-state index contributed by atoms with van der Waals surface area (Å²) in [6, 6.07) is 17.8. The average Bonchev–Trinajstić information content (AvgIpc) is 3.32. The summed E-state index contributed by atoms with van der Waals surface area (Å²) in [7, 11) is 0. The van der Waals surface area contributed by atoms with E-state index in [1.165, 1.54) is 24.3 Å². The summed E-state index contributed by atoms with van der Waals surface area (Å²) in [4.78, 5) is 16.0. The number of hydrogen-bond acceptors (Lipinski definition) is 2. The van der Waals surface area contributed by atoms with Crippen LogP contribution in [0.5, 0.6) is 0 Å². The Morgan fingerprint density at radius 2 is 1.64 bits per heavy atom. The molecule has 0 unspecified atom stereocenters. The molecule has 6 heteroatoms. The minimum absolute atomic E-state index is 0.229. The lowest BCUT2D eigenvalue weighted by molar-refractivity contribution is 0.0695. The molecule has 4 rings (SSSR count). The van der Waals surface area contributed by atoms with Crippen molar-refractivity contribution in [2.75, 3.05) is 0 Å². The number of aryl methyl sites for hydroxylation is 2. The molecule has 0 amide bonds. The number of carboxylic acid groups (broad SMARTS) is 1. The molecule has 1 heterocycles. The molecule has 0 bridgehead atoms. The van der Waals surface area contributed by atoms with Gasteiger partial charge in [-0.1, -0.05) is 36.4 Å². The van der Waals surface area contributed by atoms with Crippen LogP contribution >= 0.6 is 0 Å². The highest BCUT2D eigenvalue weighted by Crippen LogP contribution is 2.23. The molecule has 166 valence electrons. The third kappa shape index (κ3) is 5.80. The van der Waals surface area contributed by atoms with E-state index >= 15 is 0 Å². The van der Waals surface area contributed by atoms with E-state index in [4.69, 9.17) is 0 Å². The van der Waals surface area contributed by atoms with Crippen LogP contribution in [0.3, 0.4) is 0 Å². The molecule has 4 aromatic rings. The van der Waals surface area contributed by atoms with Gasteiger partial charge in [-0.3, -0.25) is 0 Å². The summed E-state index contributed by atoms with van der Waals surface area (Å²) in [5.41, 5.74) is 4.34. The molecule has 1 aromatic heterocycles. The summed E-state index contributed by atoms with van der Waals surface area (Å²) in [5.74, 6) is -1.62. The minimum atomic E-state index is -1.00. The van der Waals surface area contributed by atoms with Gasteiger partial charge in [0.1, 0.15) is 11.6 Å². The fraction of sp³-hybridized carbons (Fsp3) is 0.111. The second kappa shape index (κ2) is 10.0. The molecule has 0 saturated heterocycles. The molecule has 0 atom stereocenters. The zero-order valence-electron chi connectivity index (χ0n) is 17.8. The predicted molar refractivity (Wildman–Crippen MR) is 124 cm³/mol. The van der Waals surface area contributed by atoms with Crippen molar-refractivity contribution in [3.05, 3.63) is 125 Å². The fourth-order valence-corrected chi connectivity index (χ4v) is 3.69. The maximum atomic E-state index is 13.4. The van der Waals surface area contributed by atoms with Crippen molar-refractivity contribution in [3.63, 3.8) is 0 Å². The standard InChI is InChI=1S/C27H22F2N2O2/c28-24-9-3-19(4-10-24)1-5-22-6-2-20(16-26(22)27(32)33)15-23(17-31-14-13-30-18-31)21-7-11-25(29)12-8-21/h2-4,6-16,18H,1,5,17H2,(H,32,33)/b23-15+. The minimum Gasteiger partial charge on any atom is -0.478 e. The monoisotopic (exact) mass is 444 g/mol. The Labute approximate surface area is 190 Å². The Balaban J connectivity index is 1.63. The number of rotatable bonds is 8. The highest BCUT2D eigenvalue weighted by atomic mass is 19.1. The average molecular weight is 444 g/mol. The lowest BCUT2D eigenvalue weighted by atomic mass is 9.96. The number of hydrogen-bond donors (Lipinski definition) is 1. The van der Waals surface area contributed by atoms with E-state index in [1.54, 1.807) is 42.9 Å². The van der Waals surface area contributed by atoms with Gasteiger partial charge in [0.15, 0.2) is 0 Å². The second-order valence-corrected chi connectivity index (χ2v) is 7.76. The summed E-state index contributed by atoms with van der Waals surface area (Å²) in [5, 5.41) is 9.79. The van der Waals surface area contributed by atoms with E-state index in [9.17, 15) is 18.7 Å². The fourth-order valence-electron chi connectivity index (χ4n) is 3.69. The molecule has 0 saturated carbocycles. The molecule has 0 aliphatic heterocycles. The van der Waals surface area contributed by atoms with Crippen LogP contribution in [0.4, 0.5) is 8.78 Å². The summed E-state index contributed by atoms with van der Waals surface area (Å²) in [6.07, 6.45) is 8.25. The van der Waals surface area contributed by atoms with Crippen LogP contribution < -0.4 is 0 Å². The van der Waals surface area contributed by atoms with Crippen molar-refractivity contribution in [2.45, 2.75) is 19.4 Å². The molecular weight excluding hydrogens is 422 g/mol. The summed E-state index contributed by atoms with van der Waals surface area (Å²) in [6.45, 7) is 0.500. The summed E-state index contributed by atoms with van der Waals surface area (Å²) < 4.78 is 28.5. The molecule has 1 N–H and O–H groups in total. The van der Waals surface area contributed by atoms with Crippen molar-refractivity contribution in [1.29, 1.82) is 0 Å². The number of imidazole rings is 1. The molecule has 0 aliphatic rings. The highest BCUT2D eigenvalue weighted by Gasteiger charge is 2.12. The van der Waals surface area contributed by atoms with Gasteiger partial charge in [-0.25, -0.2) is 18.6 Å². The molecule has 0 spiro atoms. The normalized spacial score (nSPS) is 11.5. The van der Waals surface area contributed by atoms with Gasteiger partial charge in [0.2, 0.25) is 0 Å². The van der Waals surface area contributed by atoms with Crippen LogP contribution in [0, 0.1) is 11.6 Å². The summed E-state index contributed by atoms with van der Waals surface area (Å²) >= 11 is 0. The van der Waals surface area contributed by atoms with Crippen LogP contribution in [-0.2, 0) is 19.4 Å². The van der Waals surface area contributed by atoms with Crippen molar-refractivity contribution in [2.24, 2.45) is 0 Å². The Morgan fingerprint density at radius 1 is 0.939 bits per heavy atom. The number of aromatic nitrogens is 2. The maximum Gasteiger partial charge on any atom is 0.335 e. The first-order chi connectivity index (χ1) is 16.0. The van der Waals surface area contributed by atoms with E-state index in [2.05, 4.69) is 4.98 Å². The van der Waals surface area contributed by atoms with E-state index in [-0.39, 0.29) is 17.2 Å². The number of halogens is 2. The molecule has 33 heavy (non-hydrogen) atoms. The lowest BCUT2D eigenvalue weighted by Gasteiger charge is -2.11. The van der Waals surface area contributed by atoms with Crippen LogP contribution in [0.2, 0.25) is 0 Å². The number of aromatic carboxylic acids is 1. The number of benzene rings is 3. The molecule has 4 nitrogen and oxygen atoms in total. The van der Waals surface area contributed by atoms with E-state index in [0.717, 1.165) is 22.3 Å². The highest BCUT2D eigenvalue weighted by molar-refractivity contribution is 5.91. The topological polar surface area (TPSA) is 55.1 Å². The van der Waals surface area contributed by atoms with E-state index in [0.29, 0.717) is 24.9 Å². The van der Waals surface area contributed by atoms with Crippen molar-refractivity contribution in [1.82, 2.24) is 9.55 Å². The van der Waals surface area contributed by atoms with Gasteiger partial charge in [-0.2, -0.15) is 0 Å². The molecule has 0 radical (unpaired) electrons. The number of carboxylic acids is 1. The van der Waals surface area contributed by atoms with Crippen LogP contribution in [0.25, 0.3) is 11.6 Å². The number of nitrogens with zero attached hydrogens (tertiary/aromatic N) is 2. The first kappa shape index (κ1) is 22.1. The quantitative estimate of drug-likeness (QED) is 0.345. The Kier molecular flexibility index (Phi) is 6.74. The largest absolute Gasteiger partial charge is 0.478 e. The van der Waals surface area contributed by atoms with E-state index in [1.807, 2.05) is 29.0 Å². The molecule has 0 aliphatic carbocycles. The predicted octanol–water partition coefficient (Wildman–Crippen LogP) is 5.89. The first-order valence-electron chi connectivity index (χ1n) is 10.5. The van der Waals surface area contributed by atoms with Gasteiger partial charge in [0.05, 0.1) is 11.9 Å². The van der Waals surface area contributed by atoms with Gasteiger partial charge in [-0.05, 0) is 77.1 Å². The Hall–Kier alpha value is -4.06. The van der Waals surface area contributed by atoms with Crippen molar-refractivity contribution >= 4 is 17.6 Å². The van der Waals surface area contributed by atoms with Gasteiger partial charge >= 0.3 is 5.97 Å². The van der Waals surface area contributed by atoms with Crippen LogP contribution in [0.15, 0.2) is 85.5 Å². The van der Waals surface area contributed by atoms with Crippen LogP contribution in [-0.4, -0.2) is 20.6 Å². The zero-order valence-corrected chi connectivity index (χ0v) is 17.8. The molecular formula is C27H22F2N2O2. The van der Waals surface area contributed by atoms with Crippen molar-refractivity contribution < 1.29 is 18.7 Å². The Morgan fingerprint density at radius 3 is 2.27 bits per heavy atom. The lowest BCUT2D eigenvalue weighted by Crippen LogP contribution is -2.05. The molecule has 0 fully saturated rings. The van der Waals surface area contributed by atoms with Gasteiger partial charge in [0.25, 0.3) is 0 Å². The van der Waals surface area contributed by atoms with Crippen molar-refractivity contribution in [3.8, 4) is 0 Å². The third-order valence-electron chi connectivity index (χ3n) is 5.43. The zero-order chi connectivity index (χ0) is 23.2. The van der Waals surface area contributed by atoms with Gasteiger partial charge < -0.3 is 9.67 Å². The smallest absolute Gasteiger partial charge is 0.335 e. The van der Waals surface area contributed by atoms with Gasteiger partial charge in [0, 0.05) is 18.9 Å². The van der Waals surface area contributed by atoms with Crippen LogP contribution in [0.1, 0.15) is 32.6 Å². The molecule has 3 aromatic carbocycles. The first-order valence-corrected chi connectivity index (χ1v) is 10.5. The van der Waals surface area contributed by atoms with E-state index < -0.39 is 5.97 Å². The SMILES string of the molecule is O=C(O)c1cc(/C=C(\Cn2ccnc2)c2ccc(F)cc2)ccc1CCc1ccc(F)cc1. The van der Waals surface area contributed by atoms with Gasteiger partial charge in [-0.15, -0.1) is 0 Å². The maximum absolute atomic E-state index is 13.4. The second-order valence-electron chi connectivity index (χ2n) is 7.76. The Bertz CT molecular complexity index is 1260. The number of carbonyl (C=O) groups is 1.